The lowest BCUT2D eigenvalue weighted by Gasteiger charge is -2.20. The Kier molecular flexibility index (Phi) is 6.61. The fraction of sp³-hybridized carbons (Fsp3) is 0.333. The molecular formula is C21H21F3N2O4. The van der Waals surface area contributed by atoms with Crippen LogP contribution < -0.4 is 4.74 Å². The highest BCUT2D eigenvalue weighted by Crippen LogP contribution is 2.29. The molecule has 0 saturated carbocycles. The Balaban J connectivity index is 1.50. The second-order valence-corrected chi connectivity index (χ2v) is 6.83. The summed E-state index contributed by atoms with van der Waals surface area (Å²) in [6.07, 6.45) is -4.46. The summed E-state index contributed by atoms with van der Waals surface area (Å²) in [5.41, 5.74) is 1.21. The maximum atomic E-state index is 12.6. The predicted octanol–water partition coefficient (Wildman–Crippen LogP) is 3.92. The molecule has 3 rings (SSSR count). The summed E-state index contributed by atoms with van der Waals surface area (Å²) in [6, 6.07) is 11.6. The topological polar surface area (TPSA) is 71.4 Å². The van der Waals surface area contributed by atoms with Gasteiger partial charge in [-0.2, -0.15) is 13.2 Å². The van der Waals surface area contributed by atoms with E-state index in [4.69, 9.17) is 9.57 Å². The predicted molar refractivity (Wildman–Crippen MR) is 102 cm³/mol. The van der Waals surface area contributed by atoms with Gasteiger partial charge in [-0.1, -0.05) is 17.3 Å². The summed E-state index contributed by atoms with van der Waals surface area (Å²) in [5.74, 6) is 0.386. The summed E-state index contributed by atoms with van der Waals surface area (Å²) in [5, 5.41) is 13.7. The average Bonchev–Trinajstić information content (AvgIpc) is 3.04. The van der Waals surface area contributed by atoms with Crippen molar-refractivity contribution in [1.82, 2.24) is 4.90 Å². The lowest BCUT2D eigenvalue weighted by Crippen LogP contribution is -2.36. The van der Waals surface area contributed by atoms with Gasteiger partial charge < -0.3 is 14.7 Å². The van der Waals surface area contributed by atoms with Crippen molar-refractivity contribution in [3.05, 3.63) is 65.2 Å². The summed E-state index contributed by atoms with van der Waals surface area (Å²) < 4.78 is 43.2. The molecule has 1 N–H and O–H groups in total. The maximum Gasteiger partial charge on any atom is 0.416 e. The van der Waals surface area contributed by atoms with Crippen molar-refractivity contribution in [2.75, 3.05) is 6.73 Å². The van der Waals surface area contributed by atoms with Gasteiger partial charge in [0.15, 0.2) is 6.73 Å². The van der Waals surface area contributed by atoms with Crippen molar-refractivity contribution in [2.24, 2.45) is 5.16 Å². The Morgan fingerprint density at radius 3 is 2.40 bits per heavy atom. The number of nitrogens with zero attached hydrogens (tertiary/aromatic N) is 2. The number of aliphatic hydroxyl groups excluding tert-OH is 1. The number of hydrogen-bond acceptors (Lipinski definition) is 5. The first-order chi connectivity index (χ1) is 14.2. The molecule has 1 fully saturated rings. The summed E-state index contributed by atoms with van der Waals surface area (Å²) in [4.78, 5) is 18.1. The Labute approximate surface area is 171 Å². The van der Waals surface area contributed by atoms with E-state index < -0.39 is 18.0 Å². The van der Waals surface area contributed by atoms with Crippen LogP contribution in [0.1, 0.15) is 36.5 Å². The molecule has 160 valence electrons. The van der Waals surface area contributed by atoms with E-state index in [1.165, 1.54) is 17.0 Å². The fourth-order valence-electron chi connectivity index (χ4n) is 2.86. The molecular weight excluding hydrogens is 401 g/mol. The summed E-state index contributed by atoms with van der Waals surface area (Å²) in [7, 11) is 0. The smallest absolute Gasteiger partial charge is 0.416 e. The van der Waals surface area contributed by atoms with E-state index in [9.17, 15) is 23.1 Å². The van der Waals surface area contributed by atoms with Crippen molar-refractivity contribution >= 4 is 11.6 Å². The monoisotopic (exact) mass is 422 g/mol. The third kappa shape index (κ3) is 5.50. The first kappa shape index (κ1) is 21.6. The largest absolute Gasteiger partial charge is 0.473 e. The van der Waals surface area contributed by atoms with Crippen molar-refractivity contribution in [1.29, 1.82) is 0 Å². The van der Waals surface area contributed by atoms with Crippen LogP contribution in [0.15, 0.2) is 53.7 Å². The Morgan fingerprint density at radius 1 is 1.17 bits per heavy atom. The van der Waals surface area contributed by atoms with Crippen molar-refractivity contribution in [3.63, 3.8) is 0 Å². The second kappa shape index (κ2) is 9.17. The van der Waals surface area contributed by atoms with Crippen molar-refractivity contribution < 1.29 is 32.6 Å². The quantitative estimate of drug-likeness (QED) is 0.542. The SMILES string of the molecule is CC(=NOCc1ccc(C(F)(F)F)cc1)c1ccc(OCN2C(=O)CCC2O)cc1. The molecule has 0 bridgehead atoms. The Hall–Kier alpha value is -3.07. The molecule has 9 heteroatoms. The number of ether oxygens (including phenoxy) is 1. The van der Waals surface area contributed by atoms with E-state index in [-0.39, 0.29) is 19.2 Å². The summed E-state index contributed by atoms with van der Waals surface area (Å²) in [6.45, 7) is 1.76. The minimum atomic E-state index is -4.37. The molecule has 0 spiro atoms. The van der Waals surface area contributed by atoms with Crippen molar-refractivity contribution in [3.8, 4) is 5.75 Å². The highest BCUT2D eigenvalue weighted by atomic mass is 19.4. The van der Waals surface area contributed by atoms with E-state index in [2.05, 4.69) is 5.16 Å². The number of oxime groups is 1. The number of carbonyl (C=O) groups excluding carboxylic acids is 1. The second-order valence-electron chi connectivity index (χ2n) is 6.83. The molecule has 0 aliphatic carbocycles. The van der Waals surface area contributed by atoms with Crippen LogP contribution in [0.5, 0.6) is 5.75 Å². The highest BCUT2D eigenvalue weighted by molar-refractivity contribution is 5.98. The van der Waals surface area contributed by atoms with Gasteiger partial charge in [0.1, 0.15) is 18.6 Å². The average molecular weight is 422 g/mol. The zero-order valence-electron chi connectivity index (χ0n) is 16.2. The van der Waals surface area contributed by atoms with Gasteiger partial charge in [0, 0.05) is 12.8 Å². The highest BCUT2D eigenvalue weighted by Gasteiger charge is 2.30. The van der Waals surface area contributed by atoms with E-state index in [0.29, 0.717) is 29.9 Å². The number of aliphatic hydroxyl groups is 1. The van der Waals surface area contributed by atoms with Gasteiger partial charge in [-0.05, 0) is 54.4 Å². The van der Waals surface area contributed by atoms with Gasteiger partial charge in [0.25, 0.3) is 0 Å². The number of amides is 1. The van der Waals surface area contributed by atoms with Crippen LogP contribution in [0.3, 0.4) is 0 Å². The number of carbonyl (C=O) groups is 1. The van der Waals surface area contributed by atoms with Gasteiger partial charge in [0.2, 0.25) is 5.91 Å². The number of likely N-dealkylation sites (tertiary alicyclic amines) is 1. The van der Waals surface area contributed by atoms with E-state index in [1.54, 1.807) is 31.2 Å². The van der Waals surface area contributed by atoms with Crippen LogP contribution in [0.4, 0.5) is 13.2 Å². The first-order valence-electron chi connectivity index (χ1n) is 9.27. The Morgan fingerprint density at radius 2 is 1.83 bits per heavy atom. The molecule has 1 saturated heterocycles. The van der Waals surface area contributed by atoms with Crippen LogP contribution in [0.2, 0.25) is 0 Å². The molecule has 2 aromatic carbocycles. The molecule has 1 heterocycles. The van der Waals surface area contributed by atoms with Crippen LogP contribution in [-0.4, -0.2) is 34.6 Å². The van der Waals surface area contributed by atoms with E-state index >= 15 is 0 Å². The molecule has 1 unspecified atom stereocenters. The first-order valence-corrected chi connectivity index (χ1v) is 9.27. The van der Waals surface area contributed by atoms with Gasteiger partial charge in [-0.15, -0.1) is 0 Å². The molecule has 1 aliphatic rings. The molecule has 2 aromatic rings. The van der Waals surface area contributed by atoms with Gasteiger partial charge in [-0.3, -0.25) is 9.69 Å². The van der Waals surface area contributed by atoms with Crippen LogP contribution in [0, 0.1) is 0 Å². The van der Waals surface area contributed by atoms with Crippen molar-refractivity contribution in [2.45, 2.75) is 38.8 Å². The molecule has 1 aliphatic heterocycles. The fourth-order valence-corrected chi connectivity index (χ4v) is 2.86. The molecule has 1 atom stereocenters. The minimum Gasteiger partial charge on any atom is -0.473 e. The lowest BCUT2D eigenvalue weighted by atomic mass is 10.1. The minimum absolute atomic E-state index is 0.0251. The van der Waals surface area contributed by atoms with E-state index in [0.717, 1.165) is 17.7 Å². The third-order valence-electron chi connectivity index (χ3n) is 4.65. The van der Waals surface area contributed by atoms with Crippen LogP contribution in [0.25, 0.3) is 0 Å². The van der Waals surface area contributed by atoms with Crippen LogP contribution in [-0.2, 0) is 22.4 Å². The zero-order valence-corrected chi connectivity index (χ0v) is 16.2. The molecule has 1 amide bonds. The number of hydrogen-bond donors (Lipinski definition) is 1. The van der Waals surface area contributed by atoms with E-state index in [1.807, 2.05) is 0 Å². The zero-order chi connectivity index (χ0) is 21.7. The maximum absolute atomic E-state index is 12.6. The third-order valence-corrected chi connectivity index (χ3v) is 4.65. The van der Waals surface area contributed by atoms with Gasteiger partial charge in [0.05, 0.1) is 11.3 Å². The normalized spacial score (nSPS) is 17.4. The standard InChI is InChI=1S/C21H21F3N2O4/c1-14(25-30-12-15-2-6-17(7-3-15)21(22,23)24)16-4-8-18(9-5-16)29-13-26-19(27)10-11-20(26)28/h2-9,19,27H,10-13H2,1H3. The Bertz CT molecular complexity index is 896. The molecule has 0 radical (unpaired) electrons. The van der Waals surface area contributed by atoms with Gasteiger partial charge in [-0.25, -0.2) is 0 Å². The number of halogens is 3. The molecule has 6 nitrogen and oxygen atoms in total. The summed E-state index contributed by atoms with van der Waals surface area (Å²) >= 11 is 0. The van der Waals surface area contributed by atoms with Gasteiger partial charge >= 0.3 is 6.18 Å². The number of alkyl halides is 3. The lowest BCUT2D eigenvalue weighted by molar-refractivity contribution is -0.138. The van der Waals surface area contributed by atoms with Crippen LogP contribution >= 0.6 is 0 Å². The molecule has 0 aromatic heterocycles. The number of benzene rings is 2. The number of rotatable bonds is 7. The molecule has 30 heavy (non-hydrogen) atoms.